The molecule has 154 valence electrons. The summed E-state index contributed by atoms with van der Waals surface area (Å²) in [6.45, 7) is 1.46. The van der Waals surface area contributed by atoms with Gasteiger partial charge in [-0.15, -0.1) is 0 Å². The van der Waals surface area contributed by atoms with Gasteiger partial charge in [0.2, 0.25) is 5.13 Å². The van der Waals surface area contributed by atoms with E-state index in [0.717, 1.165) is 34.4 Å². The number of thiazole rings is 1. The molecule has 0 unspecified atom stereocenters. The molecule has 7 nitrogen and oxygen atoms in total. The zero-order chi connectivity index (χ0) is 21.0. The van der Waals surface area contributed by atoms with Gasteiger partial charge in [-0.1, -0.05) is 53.8 Å². The summed E-state index contributed by atoms with van der Waals surface area (Å²) in [4.78, 5) is 26.5. The van der Waals surface area contributed by atoms with E-state index in [1.165, 1.54) is 16.0 Å². The standard InChI is InChI=1S/C23H20N6OS/c30-22-18(15-24-11-6-13-28-14-12-25-16-28)21(17-7-2-1-3-8-17)27-29(22)23-26-19-9-4-5-10-20(19)31-23/h1-5,7-10,12,14-16,27H,6,11,13H2. The van der Waals surface area contributed by atoms with Crippen LogP contribution in [0.25, 0.3) is 26.6 Å². The van der Waals surface area contributed by atoms with Crippen molar-refractivity contribution in [1.29, 1.82) is 0 Å². The summed E-state index contributed by atoms with van der Waals surface area (Å²) in [6, 6.07) is 17.7. The number of para-hydroxylation sites is 1. The Morgan fingerprint density at radius 1 is 1.10 bits per heavy atom. The van der Waals surface area contributed by atoms with Gasteiger partial charge in [0, 0.05) is 37.3 Å². The number of hydrogen-bond acceptors (Lipinski definition) is 5. The largest absolute Gasteiger partial charge is 0.337 e. The van der Waals surface area contributed by atoms with Crippen LogP contribution in [0.1, 0.15) is 12.0 Å². The van der Waals surface area contributed by atoms with E-state index < -0.39 is 0 Å². The highest BCUT2D eigenvalue weighted by Gasteiger charge is 2.17. The minimum Gasteiger partial charge on any atom is -0.337 e. The molecule has 0 saturated heterocycles. The van der Waals surface area contributed by atoms with Crippen LogP contribution < -0.4 is 5.56 Å². The first-order valence-electron chi connectivity index (χ1n) is 10.0. The Hall–Kier alpha value is -3.78. The average Bonchev–Trinajstić information content (AvgIpc) is 3.53. The lowest BCUT2D eigenvalue weighted by Gasteiger charge is -2.00. The van der Waals surface area contributed by atoms with Crippen molar-refractivity contribution < 1.29 is 0 Å². The first-order valence-corrected chi connectivity index (χ1v) is 10.8. The number of aliphatic imine (C=N–C) groups is 1. The van der Waals surface area contributed by atoms with Crippen LogP contribution in [0.4, 0.5) is 0 Å². The number of H-pyrrole nitrogens is 1. The predicted octanol–water partition coefficient (Wildman–Crippen LogP) is 4.15. The maximum absolute atomic E-state index is 13.3. The van der Waals surface area contributed by atoms with E-state index in [0.29, 0.717) is 17.2 Å². The molecular formula is C23H20N6OS. The molecule has 0 fully saturated rings. The Balaban J connectivity index is 1.48. The van der Waals surface area contributed by atoms with Crippen LogP contribution in [0.5, 0.6) is 0 Å². The maximum Gasteiger partial charge on any atom is 0.282 e. The molecule has 3 aromatic heterocycles. The Labute approximate surface area is 182 Å². The highest BCUT2D eigenvalue weighted by atomic mass is 32.1. The highest BCUT2D eigenvalue weighted by molar-refractivity contribution is 7.20. The third kappa shape index (κ3) is 3.97. The Morgan fingerprint density at radius 3 is 2.74 bits per heavy atom. The van der Waals surface area contributed by atoms with Gasteiger partial charge in [-0.3, -0.25) is 14.9 Å². The minimum absolute atomic E-state index is 0.156. The van der Waals surface area contributed by atoms with Crippen LogP contribution in [0, 0.1) is 0 Å². The van der Waals surface area contributed by atoms with Gasteiger partial charge in [-0.05, 0) is 18.6 Å². The second-order valence-corrected chi connectivity index (χ2v) is 8.07. The lowest BCUT2D eigenvalue weighted by Crippen LogP contribution is -2.17. The van der Waals surface area contributed by atoms with Crippen molar-refractivity contribution in [2.24, 2.45) is 4.99 Å². The first kappa shape index (κ1) is 19.2. The van der Waals surface area contributed by atoms with Gasteiger partial charge in [0.1, 0.15) is 0 Å². The summed E-state index contributed by atoms with van der Waals surface area (Å²) >= 11 is 1.48. The van der Waals surface area contributed by atoms with Crippen molar-refractivity contribution in [2.75, 3.05) is 6.54 Å². The van der Waals surface area contributed by atoms with Gasteiger partial charge in [0.05, 0.1) is 27.8 Å². The summed E-state index contributed by atoms with van der Waals surface area (Å²) in [5, 5.41) is 3.87. The second-order valence-electron chi connectivity index (χ2n) is 7.06. The van der Waals surface area contributed by atoms with E-state index in [1.54, 1.807) is 18.7 Å². The molecule has 0 saturated carbocycles. The molecule has 0 amide bonds. The molecule has 0 radical (unpaired) electrons. The number of nitrogens with one attached hydrogen (secondary N) is 1. The SMILES string of the molecule is O=c1c(C=NCCCn2ccnc2)c(-c2ccccc2)[nH]n1-c1nc2ccccc2s1. The van der Waals surface area contributed by atoms with E-state index in [2.05, 4.69) is 20.1 Å². The van der Waals surface area contributed by atoms with E-state index in [1.807, 2.05) is 65.4 Å². The zero-order valence-electron chi connectivity index (χ0n) is 16.7. The minimum atomic E-state index is -0.156. The fourth-order valence-electron chi connectivity index (χ4n) is 3.40. The van der Waals surface area contributed by atoms with E-state index in [4.69, 9.17) is 0 Å². The van der Waals surface area contributed by atoms with Gasteiger partial charge in [0.25, 0.3) is 5.56 Å². The van der Waals surface area contributed by atoms with Crippen molar-refractivity contribution in [3.63, 3.8) is 0 Å². The van der Waals surface area contributed by atoms with Crippen LogP contribution in [-0.2, 0) is 6.54 Å². The average molecular weight is 429 g/mol. The van der Waals surface area contributed by atoms with Gasteiger partial charge in [-0.2, -0.15) is 4.68 Å². The molecule has 1 N–H and O–H groups in total. The topological polar surface area (TPSA) is 80.9 Å². The van der Waals surface area contributed by atoms with Crippen LogP contribution >= 0.6 is 11.3 Å². The number of fused-ring (bicyclic) bond motifs is 1. The summed E-state index contributed by atoms with van der Waals surface area (Å²) in [5.41, 5.74) is 2.92. The fraction of sp³-hybridized carbons (Fsp3) is 0.130. The fourth-order valence-corrected chi connectivity index (χ4v) is 4.33. The molecule has 0 aliphatic heterocycles. The molecule has 5 aromatic rings. The van der Waals surface area contributed by atoms with Gasteiger partial charge < -0.3 is 4.57 Å². The monoisotopic (exact) mass is 428 g/mol. The number of imidazole rings is 1. The van der Waals surface area contributed by atoms with Crippen molar-refractivity contribution in [3.8, 4) is 16.4 Å². The molecule has 0 bridgehead atoms. The molecule has 0 atom stereocenters. The van der Waals surface area contributed by atoms with Crippen LogP contribution in [-0.4, -0.2) is 37.1 Å². The molecule has 31 heavy (non-hydrogen) atoms. The van der Waals surface area contributed by atoms with Crippen LogP contribution in [0.15, 0.2) is 83.1 Å². The number of aromatic nitrogens is 5. The molecule has 0 aliphatic carbocycles. The number of aromatic amines is 1. The normalized spacial score (nSPS) is 11.6. The Bertz CT molecular complexity index is 1350. The summed E-state index contributed by atoms with van der Waals surface area (Å²) < 4.78 is 4.57. The van der Waals surface area contributed by atoms with E-state index in [-0.39, 0.29) is 5.56 Å². The van der Waals surface area contributed by atoms with Gasteiger partial charge >= 0.3 is 0 Å². The number of hydrogen-bond donors (Lipinski definition) is 1. The quantitative estimate of drug-likeness (QED) is 0.312. The molecule has 3 heterocycles. The summed E-state index contributed by atoms with van der Waals surface area (Å²) in [7, 11) is 0. The number of nitrogens with zero attached hydrogens (tertiary/aromatic N) is 5. The lowest BCUT2D eigenvalue weighted by atomic mass is 10.1. The predicted molar refractivity (Wildman–Crippen MR) is 124 cm³/mol. The molecule has 8 heteroatoms. The van der Waals surface area contributed by atoms with Crippen molar-refractivity contribution >= 4 is 27.8 Å². The Kier molecular flexibility index (Phi) is 5.28. The summed E-state index contributed by atoms with van der Waals surface area (Å²) in [6.07, 6.45) is 8.03. The van der Waals surface area contributed by atoms with Crippen LogP contribution in [0.3, 0.4) is 0 Å². The van der Waals surface area contributed by atoms with E-state index >= 15 is 0 Å². The second kappa shape index (κ2) is 8.53. The lowest BCUT2D eigenvalue weighted by molar-refractivity contribution is 0.651. The zero-order valence-corrected chi connectivity index (χ0v) is 17.5. The van der Waals surface area contributed by atoms with Gasteiger partial charge in [-0.25, -0.2) is 9.97 Å². The summed E-state index contributed by atoms with van der Waals surface area (Å²) in [5.74, 6) is 0. The van der Waals surface area contributed by atoms with Gasteiger partial charge in [0.15, 0.2) is 0 Å². The maximum atomic E-state index is 13.3. The van der Waals surface area contributed by atoms with E-state index in [9.17, 15) is 4.79 Å². The number of aryl methyl sites for hydroxylation is 1. The molecule has 5 rings (SSSR count). The molecule has 0 spiro atoms. The highest BCUT2D eigenvalue weighted by Crippen LogP contribution is 2.25. The Morgan fingerprint density at radius 2 is 1.94 bits per heavy atom. The molecule has 0 aliphatic rings. The molecular weight excluding hydrogens is 408 g/mol. The van der Waals surface area contributed by atoms with Crippen molar-refractivity contribution in [2.45, 2.75) is 13.0 Å². The van der Waals surface area contributed by atoms with Crippen LogP contribution in [0.2, 0.25) is 0 Å². The molecule has 2 aromatic carbocycles. The van der Waals surface area contributed by atoms with Crippen molar-refractivity contribution in [3.05, 3.63) is 89.2 Å². The van der Waals surface area contributed by atoms with Crippen molar-refractivity contribution in [1.82, 2.24) is 24.3 Å². The number of benzene rings is 2. The third-order valence-corrected chi connectivity index (χ3v) is 5.97. The first-order chi connectivity index (χ1) is 15.3. The number of rotatable bonds is 7. The smallest absolute Gasteiger partial charge is 0.282 e. The third-order valence-electron chi connectivity index (χ3n) is 4.95.